The first-order chi connectivity index (χ1) is 11.7. The molecule has 1 heterocycles. The number of nitro groups is 1. The van der Waals surface area contributed by atoms with E-state index in [1.54, 1.807) is 13.2 Å². The SMILES string of the molecule is COc1cc([N+](=O)[O-])cc2c1N[C@@H](c1ccccc1)[C@@H]1CC=C[C@@H]21. The molecular weight excluding hydrogens is 304 g/mol. The molecule has 0 bridgehead atoms. The van der Waals surface area contributed by atoms with Crippen LogP contribution in [0.5, 0.6) is 5.75 Å². The monoisotopic (exact) mass is 322 g/mol. The van der Waals surface area contributed by atoms with Crippen LogP contribution in [0.4, 0.5) is 11.4 Å². The minimum Gasteiger partial charge on any atom is -0.494 e. The van der Waals surface area contributed by atoms with Gasteiger partial charge in [-0.3, -0.25) is 10.1 Å². The highest BCUT2D eigenvalue weighted by Gasteiger charge is 2.40. The number of rotatable bonds is 3. The maximum Gasteiger partial charge on any atom is 0.273 e. The minimum absolute atomic E-state index is 0.0737. The van der Waals surface area contributed by atoms with Crippen LogP contribution in [0.15, 0.2) is 54.6 Å². The summed E-state index contributed by atoms with van der Waals surface area (Å²) in [4.78, 5) is 10.9. The summed E-state index contributed by atoms with van der Waals surface area (Å²) < 4.78 is 5.45. The lowest BCUT2D eigenvalue weighted by atomic mass is 9.76. The van der Waals surface area contributed by atoms with Crippen molar-refractivity contribution in [2.75, 3.05) is 12.4 Å². The van der Waals surface area contributed by atoms with Crippen LogP contribution in [-0.4, -0.2) is 12.0 Å². The first-order valence-electron chi connectivity index (χ1n) is 8.03. The number of nitro benzene ring substituents is 1. The quantitative estimate of drug-likeness (QED) is 0.516. The van der Waals surface area contributed by atoms with Crippen molar-refractivity contribution < 1.29 is 9.66 Å². The van der Waals surface area contributed by atoms with Crippen molar-refractivity contribution in [1.82, 2.24) is 0 Å². The summed E-state index contributed by atoms with van der Waals surface area (Å²) in [5.41, 5.74) is 3.11. The van der Waals surface area contributed by atoms with E-state index in [9.17, 15) is 10.1 Å². The maximum atomic E-state index is 11.2. The Hall–Kier alpha value is -2.82. The molecule has 0 radical (unpaired) electrons. The summed E-state index contributed by atoms with van der Waals surface area (Å²) in [6, 6.07) is 13.7. The standard InChI is InChI=1S/C19H18N2O3/c1-24-17-11-13(21(22)23)10-16-14-8-5-9-15(14)18(20-19(16)17)12-6-3-2-4-7-12/h2-8,10-11,14-15,18,20H,9H2,1H3/t14-,15-,18+/m1/s1. The van der Waals surface area contributed by atoms with Gasteiger partial charge in [-0.2, -0.15) is 0 Å². The Labute approximate surface area is 140 Å². The van der Waals surface area contributed by atoms with Gasteiger partial charge in [-0.15, -0.1) is 0 Å². The second-order valence-corrected chi connectivity index (χ2v) is 6.26. The fraction of sp³-hybridized carbons (Fsp3) is 0.263. The lowest BCUT2D eigenvalue weighted by molar-refractivity contribution is -0.385. The molecular formula is C19H18N2O3. The van der Waals surface area contributed by atoms with Crippen LogP contribution >= 0.6 is 0 Å². The second kappa shape index (κ2) is 5.67. The number of methoxy groups -OCH3 is 1. The van der Waals surface area contributed by atoms with Crippen molar-refractivity contribution in [2.45, 2.75) is 18.4 Å². The molecule has 24 heavy (non-hydrogen) atoms. The Morgan fingerprint density at radius 2 is 2.04 bits per heavy atom. The van der Waals surface area contributed by atoms with Crippen LogP contribution in [0.3, 0.4) is 0 Å². The summed E-state index contributed by atoms with van der Waals surface area (Å²) in [6.45, 7) is 0. The fourth-order valence-corrected chi connectivity index (χ4v) is 3.91. The van der Waals surface area contributed by atoms with Crippen molar-refractivity contribution in [3.8, 4) is 5.75 Å². The van der Waals surface area contributed by atoms with E-state index in [2.05, 4.69) is 29.6 Å². The van der Waals surface area contributed by atoms with Crippen LogP contribution in [0.25, 0.3) is 0 Å². The molecule has 2 aliphatic rings. The Balaban J connectivity index is 1.86. The first kappa shape index (κ1) is 14.8. The normalized spacial score (nSPS) is 24.0. The summed E-state index contributed by atoms with van der Waals surface area (Å²) in [6.07, 6.45) is 5.30. The second-order valence-electron chi connectivity index (χ2n) is 6.26. The summed E-state index contributed by atoms with van der Waals surface area (Å²) in [5, 5.41) is 14.8. The molecule has 122 valence electrons. The van der Waals surface area contributed by atoms with Crippen molar-refractivity contribution >= 4 is 11.4 Å². The van der Waals surface area contributed by atoms with E-state index < -0.39 is 0 Å². The molecule has 0 amide bonds. The molecule has 0 unspecified atom stereocenters. The van der Waals surface area contributed by atoms with Gasteiger partial charge in [-0.05, 0) is 23.5 Å². The van der Waals surface area contributed by atoms with Crippen molar-refractivity contribution in [3.63, 3.8) is 0 Å². The Bertz CT molecular complexity index is 817. The summed E-state index contributed by atoms with van der Waals surface area (Å²) in [5.74, 6) is 1.05. The molecule has 0 aromatic heterocycles. The number of non-ortho nitro benzene ring substituents is 1. The number of hydrogen-bond donors (Lipinski definition) is 1. The molecule has 1 aliphatic heterocycles. The number of fused-ring (bicyclic) bond motifs is 3. The van der Waals surface area contributed by atoms with Gasteiger partial charge >= 0.3 is 0 Å². The number of benzene rings is 2. The minimum atomic E-state index is -0.361. The topological polar surface area (TPSA) is 64.4 Å². The highest BCUT2D eigenvalue weighted by molar-refractivity contribution is 5.71. The van der Waals surface area contributed by atoms with Gasteiger partial charge in [0.2, 0.25) is 0 Å². The highest BCUT2D eigenvalue weighted by atomic mass is 16.6. The number of hydrogen-bond acceptors (Lipinski definition) is 4. The molecule has 0 saturated heterocycles. The first-order valence-corrected chi connectivity index (χ1v) is 8.03. The van der Waals surface area contributed by atoms with E-state index in [-0.39, 0.29) is 22.6 Å². The number of anilines is 1. The Morgan fingerprint density at radius 1 is 1.25 bits per heavy atom. The number of ether oxygens (including phenoxy) is 1. The molecule has 5 nitrogen and oxygen atoms in total. The third-order valence-corrected chi connectivity index (χ3v) is 5.01. The lowest BCUT2D eigenvalue weighted by Gasteiger charge is -2.38. The molecule has 1 N–H and O–H groups in total. The van der Waals surface area contributed by atoms with Gasteiger partial charge in [0.1, 0.15) is 5.75 Å². The van der Waals surface area contributed by atoms with E-state index in [1.807, 2.05) is 18.2 Å². The van der Waals surface area contributed by atoms with E-state index in [1.165, 1.54) is 11.6 Å². The highest BCUT2D eigenvalue weighted by Crippen LogP contribution is 2.53. The zero-order valence-electron chi connectivity index (χ0n) is 13.3. The van der Waals surface area contributed by atoms with Crippen LogP contribution in [0, 0.1) is 16.0 Å². The van der Waals surface area contributed by atoms with E-state index in [0.29, 0.717) is 11.7 Å². The number of nitrogens with zero attached hydrogens (tertiary/aromatic N) is 1. The van der Waals surface area contributed by atoms with Gasteiger partial charge < -0.3 is 10.1 Å². The predicted molar refractivity (Wildman–Crippen MR) is 92.4 cm³/mol. The van der Waals surface area contributed by atoms with Crippen LogP contribution in [0.1, 0.15) is 29.5 Å². The Kier molecular flexibility index (Phi) is 3.49. The van der Waals surface area contributed by atoms with Crippen molar-refractivity contribution in [3.05, 3.63) is 75.9 Å². The van der Waals surface area contributed by atoms with Gasteiger partial charge in [0, 0.05) is 12.0 Å². The third kappa shape index (κ3) is 2.24. The molecule has 2 aromatic rings. The molecule has 1 aliphatic carbocycles. The fourth-order valence-electron chi connectivity index (χ4n) is 3.91. The van der Waals surface area contributed by atoms with Crippen LogP contribution < -0.4 is 10.1 Å². The third-order valence-electron chi connectivity index (χ3n) is 5.01. The largest absolute Gasteiger partial charge is 0.494 e. The average molecular weight is 322 g/mol. The summed E-state index contributed by atoms with van der Waals surface area (Å²) in [7, 11) is 1.55. The van der Waals surface area contributed by atoms with Gasteiger partial charge in [0.15, 0.2) is 0 Å². The van der Waals surface area contributed by atoms with E-state index in [0.717, 1.165) is 17.7 Å². The lowest BCUT2D eigenvalue weighted by Crippen LogP contribution is -2.29. The maximum absolute atomic E-state index is 11.2. The molecule has 2 aromatic carbocycles. The van der Waals surface area contributed by atoms with Gasteiger partial charge in [0.05, 0.1) is 29.8 Å². The van der Waals surface area contributed by atoms with E-state index in [4.69, 9.17) is 4.74 Å². The molecule has 3 atom stereocenters. The molecule has 4 rings (SSSR count). The Morgan fingerprint density at radius 3 is 2.75 bits per heavy atom. The number of allylic oxidation sites excluding steroid dienone is 2. The number of nitrogens with one attached hydrogen (secondary N) is 1. The van der Waals surface area contributed by atoms with Crippen LogP contribution in [0.2, 0.25) is 0 Å². The molecule has 0 spiro atoms. The zero-order valence-corrected chi connectivity index (χ0v) is 13.3. The van der Waals surface area contributed by atoms with Gasteiger partial charge in [0.25, 0.3) is 5.69 Å². The van der Waals surface area contributed by atoms with Crippen molar-refractivity contribution in [2.24, 2.45) is 5.92 Å². The average Bonchev–Trinajstić information content (AvgIpc) is 3.10. The molecule has 0 fully saturated rings. The predicted octanol–water partition coefficient (Wildman–Crippen LogP) is 4.43. The van der Waals surface area contributed by atoms with Crippen molar-refractivity contribution in [1.29, 1.82) is 0 Å². The van der Waals surface area contributed by atoms with E-state index >= 15 is 0 Å². The van der Waals surface area contributed by atoms with Gasteiger partial charge in [-0.1, -0.05) is 42.5 Å². The zero-order chi connectivity index (χ0) is 16.7. The molecule has 0 saturated carbocycles. The van der Waals surface area contributed by atoms with Crippen LogP contribution in [-0.2, 0) is 0 Å². The van der Waals surface area contributed by atoms with Gasteiger partial charge in [-0.25, -0.2) is 0 Å². The summed E-state index contributed by atoms with van der Waals surface area (Å²) >= 11 is 0. The smallest absolute Gasteiger partial charge is 0.273 e. The molecule has 5 heteroatoms.